The van der Waals surface area contributed by atoms with Gasteiger partial charge in [0.1, 0.15) is 0 Å². The van der Waals surface area contributed by atoms with E-state index in [0.29, 0.717) is 33.4 Å². The van der Waals surface area contributed by atoms with E-state index in [4.69, 9.17) is 0 Å². The first-order chi connectivity index (χ1) is 14.4. The van der Waals surface area contributed by atoms with Gasteiger partial charge in [0.2, 0.25) is 9.84 Å². The van der Waals surface area contributed by atoms with Crippen molar-refractivity contribution in [1.82, 2.24) is 0 Å². The SMILES string of the molecule is Cc1ccc(S(=O)(=O)C2=c3ccc4c(c3C(C)CC2)C(=O)C=c2ccccc2=4)cc1. The molecule has 0 N–H and O–H groups in total. The van der Waals surface area contributed by atoms with E-state index in [0.717, 1.165) is 26.8 Å². The van der Waals surface area contributed by atoms with Gasteiger partial charge < -0.3 is 0 Å². The molecule has 2 aliphatic rings. The van der Waals surface area contributed by atoms with Crippen LogP contribution in [0.1, 0.15) is 47.2 Å². The van der Waals surface area contributed by atoms with Gasteiger partial charge in [0, 0.05) is 5.56 Å². The molecule has 0 aromatic heterocycles. The Bertz CT molecular complexity index is 1530. The minimum absolute atomic E-state index is 0.0404. The summed E-state index contributed by atoms with van der Waals surface area (Å²) in [5.41, 5.74) is 2.56. The number of carbonyl (C=O) groups is 1. The number of aryl methyl sites for hydroxylation is 1. The van der Waals surface area contributed by atoms with Crippen LogP contribution in [0, 0.1) is 17.4 Å². The maximum Gasteiger partial charge on any atom is 0.203 e. The molecule has 1 atom stereocenters. The molecule has 4 heteroatoms. The maximum absolute atomic E-state index is 13.5. The highest BCUT2D eigenvalue weighted by Gasteiger charge is 2.30. The molecule has 0 saturated carbocycles. The van der Waals surface area contributed by atoms with E-state index < -0.39 is 9.84 Å². The number of rotatable bonds is 2. The second-order valence-electron chi connectivity index (χ2n) is 8.22. The van der Waals surface area contributed by atoms with Crippen LogP contribution < -0.4 is 10.4 Å². The van der Waals surface area contributed by atoms with Crippen LogP contribution in [0.2, 0.25) is 0 Å². The lowest BCUT2D eigenvalue weighted by Gasteiger charge is -2.25. The van der Waals surface area contributed by atoms with Crippen LogP contribution >= 0.6 is 0 Å². The summed E-state index contributed by atoms with van der Waals surface area (Å²) in [6, 6.07) is 18.7. The summed E-state index contributed by atoms with van der Waals surface area (Å²) in [5, 5.41) is 3.54. The monoisotopic (exact) mass is 414 g/mol. The number of benzene rings is 3. The first-order valence-electron chi connectivity index (χ1n) is 10.2. The Kier molecular flexibility index (Phi) is 4.30. The van der Waals surface area contributed by atoms with Crippen LogP contribution in [0.3, 0.4) is 0 Å². The second kappa shape index (κ2) is 6.78. The molecule has 3 nitrogen and oxygen atoms in total. The molecule has 1 unspecified atom stereocenters. The molecule has 0 bridgehead atoms. The second-order valence-corrected chi connectivity index (χ2v) is 10.2. The van der Waals surface area contributed by atoms with Crippen LogP contribution in [-0.4, -0.2) is 14.2 Å². The van der Waals surface area contributed by atoms with Gasteiger partial charge in [0.15, 0.2) is 5.78 Å². The van der Waals surface area contributed by atoms with E-state index in [2.05, 4.69) is 6.92 Å². The highest BCUT2D eigenvalue weighted by atomic mass is 32.2. The fourth-order valence-corrected chi connectivity index (χ4v) is 6.34. The number of sulfone groups is 1. The minimum Gasteiger partial charge on any atom is -0.289 e. The van der Waals surface area contributed by atoms with Crippen molar-refractivity contribution in [1.29, 1.82) is 0 Å². The fraction of sp³-hybridized carbons (Fsp3) is 0.192. The number of ketones is 1. The summed E-state index contributed by atoms with van der Waals surface area (Å²) in [6.45, 7) is 4.02. The van der Waals surface area contributed by atoms with Crippen molar-refractivity contribution in [2.45, 2.75) is 37.5 Å². The van der Waals surface area contributed by atoms with Gasteiger partial charge >= 0.3 is 0 Å². The molecular formula is C26H22O3S. The third-order valence-corrected chi connectivity index (χ3v) is 8.25. The highest BCUT2D eigenvalue weighted by Crippen LogP contribution is 2.34. The molecule has 150 valence electrons. The summed E-state index contributed by atoms with van der Waals surface area (Å²) in [5.74, 6) is 0.0795. The molecule has 2 aliphatic carbocycles. The molecule has 0 radical (unpaired) electrons. The minimum atomic E-state index is -3.62. The van der Waals surface area contributed by atoms with E-state index in [1.807, 2.05) is 55.5 Å². The predicted molar refractivity (Wildman–Crippen MR) is 118 cm³/mol. The van der Waals surface area contributed by atoms with Crippen LogP contribution in [0.15, 0.2) is 65.6 Å². The summed E-state index contributed by atoms with van der Waals surface area (Å²) in [4.78, 5) is 13.9. The van der Waals surface area contributed by atoms with Crippen molar-refractivity contribution in [2.75, 3.05) is 0 Å². The lowest BCUT2D eigenvalue weighted by Crippen LogP contribution is -2.29. The topological polar surface area (TPSA) is 51.2 Å². The number of hydrogen-bond donors (Lipinski definition) is 0. The van der Waals surface area contributed by atoms with Gasteiger partial charge in [0.05, 0.1) is 9.80 Å². The molecule has 30 heavy (non-hydrogen) atoms. The summed E-state index contributed by atoms with van der Waals surface area (Å²) >= 11 is 0. The van der Waals surface area contributed by atoms with Crippen LogP contribution in [0.4, 0.5) is 0 Å². The zero-order chi connectivity index (χ0) is 21.0. The summed E-state index contributed by atoms with van der Waals surface area (Å²) < 4.78 is 27.0. The fourth-order valence-electron chi connectivity index (χ4n) is 4.71. The van der Waals surface area contributed by atoms with E-state index in [9.17, 15) is 13.2 Å². The van der Waals surface area contributed by atoms with Gasteiger partial charge in [-0.25, -0.2) is 8.42 Å². The van der Waals surface area contributed by atoms with Crippen LogP contribution in [0.25, 0.3) is 11.0 Å². The third-order valence-electron chi connectivity index (χ3n) is 6.28. The van der Waals surface area contributed by atoms with Gasteiger partial charge in [0.25, 0.3) is 0 Å². The van der Waals surface area contributed by atoms with Crippen molar-refractivity contribution in [3.8, 4) is 0 Å². The molecule has 3 aromatic rings. The molecule has 5 rings (SSSR count). The third kappa shape index (κ3) is 2.78. The Labute approximate surface area is 175 Å². The number of fused-ring (bicyclic) bond motifs is 4. The number of hydrogen-bond acceptors (Lipinski definition) is 3. The molecule has 0 amide bonds. The Balaban J connectivity index is 1.90. The Hall–Kier alpha value is -2.98. The van der Waals surface area contributed by atoms with Crippen molar-refractivity contribution in [3.63, 3.8) is 0 Å². The molecule has 0 heterocycles. The molecular weight excluding hydrogens is 392 g/mol. The van der Waals surface area contributed by atoms with Gasteiger partial charge in [-0.2, -0.15) is 0 Å². The average molecular weight is 415 g/mol. The predicted octanol–water partition coefficient (Wildman–Crippen LogP) is 3.74. The van der Waals surface area contributed by atoms with Crippen LogP contribution in [-0.2, 0) is 9.84 Å². The van der Waals surface area contributed by atoms with E-state index in [-0.39, 0.29) is 11.7 Å². The lowest BCUT2D eigenvalue weighted by molar-refractivity contribution is 0.105. The van der Waals surface area contributed by atoms with Crippen molar-refractivity contribution >= 4 is 26.6 Å². The zero-order valence-electron chi connectivity index (χ0n) is 17.0. The van der Waals surface area contributed by atoms with Gasteiger partial charge in [-0.05, 0) is 70.3 Å². The molecule has 0 spiro atoms. The number of Topliss-reactive ketones (excluding diaryl/α,β-unsaturated/α-hetero) is 1. The Morgan fingerprint density at radius 3 is 2.33 bits per heavy atom. The van der Waals surface area contributed by atoms with Crippen molar-refractivity contribution < 1.29 is 13.2 Å². The molecule has 0 fully saturated rings. The highest BCUT2D eigenvalue weighted by molar-refractivity contribution is 8.00. The Morgan fingerprint density at radius 2 is 1.57 bits per heavy atom. The van der Waals surface area contributed by atoms with Gasteiger partial charge in [-0.3, -0.25) is 4.79 Å². The zero-order valence-corrected chi connectivity index (χ0v) is 17.8. The average Bonchev–Trinajstić information content (AvgIpc) is 2.74. The van der Waals surface area contributed by atoms with Crippen LogP contribution in [0.5, 0.6) is 0 Å². The number of carbonyl (C=O) groups excluding carboxylic acids is 1. The van der Waals surface area contributed by atoms with E-state index in [1.54, 1.807) is 18.2 Å². The lowest BCUT2D eigenvalue weighted by atomic mass is 9.82. The standard InChI is InChI=1S/C26H22O3S/c1-16-7-10-19(11-8-16)30(28,29)24-14-9-17(2)25-22(24)13-12-21-20-6-4-3-5-18(20)15-23(27)26(21)25/h3-8,10-13,15,17H,9,14H2,1-2H3. The first-order valence-corrected chi connectivity index (χ1v) is 11.7. The quantitative estimate of drug-likeness (QED) is 0.642. The van der Waals surface area contributed by atoms with Gasteiger partial charge in [-0.1, -0.05) is 61.0 Å². The molecule has 3 aromatic carbocycles. The van der Waals surface area contributed by atoms with E-state index >= 15 is 0 Å². The smallest absolute Gasteiger partial charge is 0.203 e. The van der Waals surface area contributed by atoms with Crippen molar-refractivity contribution in [2.24, 2.45) is 0 Å². The summed E-state index contributed by atoms with van der Waals surface area (Å²) in [7, 11) is -3.62. The first kappa shape index (κ1) is 19.0. The maximum atomic E-state index is 13.5. The van der Waals surface area contributed by atoms with Crippen molar-refractivity contribution in [3.05, 3.63) is 98.2 Å². The normalized spacial score (nSPS) is 17.6. The Morgan fingerprint density at radius 1 is 0.867 bits per heavy atom. The molecule has 0 saturated heterocycles. The van der Waals surface area contributed by atoms with E-state index in [1.165, 1.54) is 0 Å². The van der Waals surface area contributed by atoms with Gasteiger partial charge in [-0.15, -0.1) is 0 Å². The summed E-state index contributed by atoms with van der Waals surface area (Å²) in [6.07, 6.45) is 2.86. The largest absolute Gasteiger partial charge is 0.289 e. The molecule has 0 aliphatic heterocycles.